The summed E-state index contributed by atoms with van der Waals surface area (Å²) in [5.41, 5.74) is 0.680. The third-order valence-corrected chi connectivity index (χ3v) is 3.87. The van der Waals surface area contributed by atoms with Crippen LogP contribution in [0.15, 0.2) is 36.9 Å². The van der Waals surface area contributed by atoms with Crippen LogP contribution in [0.2, 0.25) is 0 Å². The highest BCUT2D eigenvalue weighted by molar-refractivity contribution is 5.96. The van der Waals surface area contributed by atoms with Gasteiger partial charge in [-0.3, -0.25) is 4.79 Å². The summed E-state index contributed by atoms with van der Waals surface area (Å²) < 4.78 is 1.78. The van der Waals surface area contributed by atoms with Gasteiger partial charge in [0.25, 0.3) is 5.91 Å². The lowest BCUT2D eigenvalue weighted by Crippen LogP contribution is -2.40. The van der Waals surface area contributed by atoms with E-state index in [2.05, 4.69) is 10.1 Å². The molecule has 0 aliphatic carbocycles. The number of carboxylic acids is 1. The van der Waals surface area contributed by atoms with Crippen molar-refractivity contribution in [3.05, 3.63) is 48.0 Å². The standard InChI is InChI=1S/C15H16N4O3/c20-14(11-3-5-12(6-4-11)15(21)22)18-7-1-2-13(8-18)19-10-16-9-17-19/h3-6,9-10,13H,1-2,7-8H2,(H,21,22). The molecule has 1 unspecified atom stereocenters. The molecule has 7 nitrogen and oxygen atoms in total. The van der Waals surface area contributed by atoms with Crippen molar-refractivity contribution in [2.24, 2.45) is 0 Å². The Bertz CT molecular complexity index is 667. The molecule has 0 bridgehead atoms. The monoisotopic (exact) mass is 300 g/mol. The lowest BCUT2D eigenvalue weighted by Gasteiger charge is -2.32. The maximum Gasteiger partial charge on any atom is 0.335 e. The summed E-state index contributed by atoms with van der Waals surface area (Å²) in [7, 11) is 0. The molecule has 1 aromatic carbocycles. The summed E-state index contributed by atoms with van der Waals surface area (Å²) >= 11 is 0. The Kier molecular flexibility index (Phi) is 3.86. The molecule has 1 aliphatic rings. The van der Waals surface area contributed by atoms with Crippen LogP contribution in [0.4, 0.5) is 0 Å². The smallest absolute Gasteiger partial charge is 0.335 e. The second kappa shape index (κ2) is 5.97. The first-order chi connectivity index (χ1) is 10.6. The molecule has 22 heavy (non-hydrogen) atoms. The van der Waals surface area contributed by atoms with Gasteiger partial charge in [-0.2, -0.15) is 5.10 Å². The van der Waals surface area contributed by atoms with Crippen molar-refractivity contribution in [2.45, 2.75) is 18.9 Å². The number of amides is 1. The number of carbonyl (C=O) groups is 2. The Labute approximate surface area is 127 Å². The van der Waals surface area contributed by atoms with E-state index in [4.69, 9.17) is 5.11 Å². The van der Waals surface area contributed by atoms with E-state index >= 15 is 0 Å². The predicted octanol–water partition coefficient (Wildman–Crippen LogP) is 1.45. The third-order valence-electron chi connectivity index (χ3n) is 3.87. The minimum Gasteiger partial charge on any atom is -0.478 e. The average Bonchev–Trinajstić information content (AvgIpc) is 3.09. The predicted molar refractivity (Wildman–Crippen MR) is 77.6 cm³/mol. The van der Waals surface area contributed by atoms with E-state index in [1.165, 1.54) is 18.5 Å². The summed E-state index contributed by atoms with van der Waals surface area (Å²) in [6.45, 7) is 1.29. The van der Waals surface area contributed by atoms with Gasteiger partial charge in [-0.05, 0) is 37.1 Å². The first kappa shape index (κ1) is 14.2. The van der Waals surface area contributed by atoms with Crippen LogP contribution in [-0.4, -0.2) is 49.7 Å². The second-order valence-corrected chi connectivity index (χ2v) is 5.31. The van der Waals surface area contributed by atoms with Crippen LogP contribution in [0.5, 0.6) is 0 Å². The fourth-order valence-electron chi connectivity index (χ4n) is 2.70. The summed E-state index contributed by atoms with van der Waals surface area (Å²) in [5, 5.41) is 13.0. The van der Waals surface area contributed by atoms with E-state index in [0.29, 0.717) is 18.7 Å². The number of hydrogen-bond donors (Lipinski definition) is 1. The Balaban J connectivity index is 1.72. The number of piperidine rings is 1. The van der Waals surface area contributed by atoms with Gasteiger partial charge in [0.15, 0.2) is 0 Å². The largest absolute Gasteiger partial charge is 0.478 e. The van der Waals surface area contributed by atoms with E-state index in [1.807, 2.05) is 0 Å². The number of hydrogen-bond acceptors (Lipinski definition) is 4. The third kappa shape index (κ3) is 2.83. The van der Waals surface area contributed by atoms with Crippen molar-refractivity contribution in [2.75, 3.05) is 13.1 Å². The first-order valence-corrected chi connectivity index (χ1v) is 7.12. The Morgan fingerprint density at radius 1 is 1.18 bits per heavy atom. The van der Waals surface area contributed by atoms with Crippen molar-refractivity contribution < 1.29 is 14.7 Å². The molecule has 3 rings (SSSR count). The van der Waals surface area contributed by atoms with Crippen molar-refractivity contribution in [3.8, 4) is 0 Å². The molecule has 1 saturated heterocycles. The van der Waals surface area contributed by atoms with Gasteiger partial charge in [0.1, 0.15) is 12.7 Å². The molecule has 1 aliphatic heterocycles. The minimum atomic E-state index is -0.997. The molecular formula is C15H16N4O3. The van der Waals surface area contributed by atoms with Gasteiger partial charge in [-0.1, -0.05) is 0 Å². The van der Waals surface area contributed by atoms with Crippen molar-refractivity contribution in [1.82, 2.24) is 19.7 Å². The fraction of sp³-hybridized carbons (Fsp3) is 0.333. The number of benzene rings is 1. The van der Waals surface area contributed by atoms with Crippen LogP contribution in [0, 0.1) is 0 Å². The zero-order chi connectivity index (χ0) is 15.5. The zero-order valence-electron chi connectivity index (χ0n) is 11.9. The lowest BCUT2D eigenvalue weighted by molar-refractivity contribution is 0.0667. The van der Waals surface area contributed by atoms with Gasteiger partial charge in [-0.25, -0.2) is 14.5 Å². The number of aromatic carboxylic acids is 1. The first-order valence-electron chi connectivity index (χ1n) is 7.12. The SMILES string of the molecule is O=C(O)c1ccc(C(=O)N2CCCC(n3cncn3)C2)cc1. The Hall–Kier alpha value is -2.70. The molecule has 0 spiro atoms. The lowest BCUT2D eigenvalue weighted by atomic mass is 10.0. The zero-order valence-corrected chi connectivity index (χ0v) is 11.9. The van der Waals surface area contributed by atoms with Crippen LogP contribution in [0.25, 0.3) is 0 Å². The van der Waals surface area contributed by atoms with Crippen LogP contribution in [-0.2, 0) is 0 Å². The highest BCUT2D eigenvalue weighted by Crippen LogP contribution is 2.22. The van der Waals surface area contributed by atoms with E-state index in [0.717, 1.165) is 12.8 Å². The number of likely N-dealkylation sites (tertiary alicyclic amines) is 1. The van der Waals surface area contributed by atoms with Gasteiger partial charge in [0, 0.05) is 18.7 Å². The Morgan fingerprint density at radius 3 is 2.55 bits per heavy atom. The van der Waals surface area contributed by atoms with E-state index in [9.17, 15) is 9.59 Å². The summed E-state index contributed by atoms with van der Waals surface area (Å²) in [4.78, 5) is 29.1. The molecule has 2 aromatic rings. The fourth-order valence-corrected chi connectivity index (χ4v) is 2.70. The highest BCUT2D eigenvalue weighted by Gasteiger charge is 2.25. The molecule has 1 aromatic heterocycles. The van der Waals surface area contributed by atoms with Crippen molar-refractivity contribution in [1.29, 1.82) is 0 Å². The second-order valence-electron chi connectivity index (χ2n) is 5.31. The molecule has 1 fully saturated rings. The topological polar surface area (TPSA) is 88.3 Å². The summed E-state index contributed by atoms with van der Waals surface area (Å²) in [6, 6.07) is 6.16. The quantitative estimate of drug-likeness (QED) is 0.927. The van der Waals surface area contributed by atoms with Gasteiger partial charge >= 0.3 is 5.97 Å². The van der Waals surface area contributed by atoms with E-state index < -0.39 is 5.97 Å². The maximum atomic E-state index is 12.5. The normalized spacial score (nSPS) is 18.2. The van der Waals surface area contributed by atoms with Crippen molar-refractivity contribution in [3.63, 3.8) is 0 Å². The number of carbonyl (C=O) groups excluding carboxylic acids is 1. The van der Waals surface area contributed by atoms with E-state index in [-0.39, 0.29) is 17.5 Å². The maximum absolute atomic E-state index is 12.5. The molecule has 0 saturated carbocycles. The molecule has 114 valence electrons. The van der Waals surface area contributed by atoms with E-state index in [1.54, 1.807) is 28.0 Å². The molecule has 1 atom stereocenters. The molecular weight excluding hydrogens is 284 g/mol. The van der Waals surface area contributed by atoms with Gasteiger partial charge in [0.2, 0.25) is 0 Å². The minimum absolute atomic E-state index is 0.0817. The van der Waals surface area contributed by atoms with Crippen LogP contribution < -0.4 is 0 Å². The number of nitrogens with zero attached hydrogens (tertiary/aromatic N) is 4. The average molecular weight is 300 g/mol. The van der Waals surface area contributed by atoms with Crippen molar-refractivity contribution >= 4 is 11.9 Å². The number of aromatic nitrogens is 3. The molecule has 2 heterocycles. The highest BCUT2D eigenvalue weighted by atomic mass is 16.4. The number of rotatable bonds is 3. The van der Waals surface area contributed by atoms with Gasteiger partial charge < -0.3 is 10.0 Å². The van der Waals surface area contributed by atoms with Crippen LogP contribution in [0.3, 0.4) is 0 Å². The molecule has 1 amide bonds. The molecule has 1 N–H and O–H groups in total. The van der Waals surface area contributed by atoms with Crippen LogP contribution in [0.1, 0.15) is 39.6 Å². The molecule has 0 radical (unpaired) electrons. The van der Waals surface area contributed by atoms with Gasteiger partial charge in [-0.15, -0.1) is 0 Å². The summed E-state index contributed by atoms with van der Waals surface area (Å²) in [5.74, 6) is -1.08. The van der Waals surface area contributed by atoms with Crippen LogP contribution >= 0.6 is 0 Å². The Morgan fingerprint density at radius 2 is 1.91 bits per heavy atom. The summed E-state index contributed by atoms with van der Waals surface area (Å²) in [6.07, 6.45) is 5.03. The molecule has 7 heteroatoms. The van der Waals surface area contributed by atoms with Gasteiger partial charge in [0.05, 0.1) is 11.6 Å². The number of carboxylic acid groups (broad SMARTS) is 1.